The van der Waals surface area contributed by atoms with Gasteiger partial charge in [-0.05, 0) is 30.4 Å². The predicted molar refractivity (Wildman–Crippen MR) is 90.0 cm³/mol. The fourth-order valence-corrected chi connectivity index (χ4v) is 2.85. The fourth-order valence-electron chi connectivity index (χ4n) is 2.85. The smallest absolute Gasteiger partial charge is 0.223 e. The van der Waals surface area contributed by atoms with Crippen molar-refractivity contribution in [3.05, 3.63) is 35.9 Å². The number of nitrogens with one attached hydrogen (secondary N) is 1. The van der Waals surface area contributed by atoms with E-state index in [1.54, 1.807) is 0 Å². The lowest BCUT2D eigenvalue weighted by atomic mass is 9.85. The Morgan fingerprint density at radius 1 is 1.19 bits per heavy atom. The molecule has 1 unspecified atom stereocenters. The van der Waals surface area contributed by atoms with Crippen LogP contribution >= 0.6 is 12.4 Å². The minimum Gasteiger partial charge on any atom is -0.341 e. The van der Waals surface area contributed by atoms with Crippen molar-refractivity contribution in [3.8, 4) is 0 Å². The number of nitrogens with zero attached hydrogens (tertiary/aromatic N) is 1. The SMILES string of the molecule is CC(C)C(CC(=O)N1CCCNCC1)c1ccccc1.Cl. The van der Waals surface area contributed by atoms with Gasteiger partial charge in [0.25, 0.3) is 0 Å². The number of hydrogen-bond donors (Lipinski definition) is 1. The van der Waals surface area contributed by atoms with Gasteiger partial charge in [0.2, 0.25) is 5.91 Å². The van der Waals surface area contributed by atoms with Crippen LogP contribution in [0.4, 0.5) is 0 Å². The van der Waals surface area contributed by atoms with E-state index < -0.39 is 0 Å². The van der Waals surface area contributed by atoms with Crippen LogP contribution in [-0.4, -0.2) is 37.0 Å². The molecular weight excluding hydrogens is 284 g/mol. The van der Waals surface area contributed by atoms with Crippen LogP contribution in [0.25, 0.3) is 0 Å². The highest BCUT2D eigenvalue weighted by atomic mass is 35.5. The number of carbonyl (C=O) groups is 1. The van der Waals surface area contributed by atoms with Gasteiger partial charge in [-0.1, -0.05) is 44.2 Å². The molecule has 1 aliphatic rings. The molecule has 3 nitrogen and oxygen atoms in total. The Labute approximate surface area is 134 Å². The number of carbonyl (C=O) groups excluding carboxylic acids is 1. The molecule has 0 spiro atoms. The topological polar surface area (TPSA) is 32.3 Å². The van der Waals surface area contributed by atoms with E-state index in [0.717, 1.165) is 32.6 Å². The van der Waals surface area contributed by atoms with E-state index in [4.69, 9.17) is 0 Å². The summed E-state index contributed by atoms with van der Waals surface area (Å²) >= 11 is 0. The quantitative estimate of drug-likeness (QED) is 0.927. The molecule has 21 heavy (non-hydrogen) atoms. The van der Waals surface area contributed by atoms with Crippen molar-refractivity contribution in [1.82, 2.24) is 10.2 Å². The van der Waals surface area contributed by atoms with E-state index in [1.807, 2.05) is 11.0 Å². The first-order chi connectivity index (χ1) is 9.68. The zero-order valence-corrected chi connectivity index (χ0v) is 13.9. The zero-order chi connectivity index (χ0) is 14.4. The summed E-state index contributed by atoms with van der Waals surface area (Å²) in [6.45, 7) is 8.09. The molecule has 0 radical (unpaired) electrons. The summed E-state index contributed by atoms with van der Waals surface area (Å²) in [5.74, 6) is 1.10. The van der Waals surface area contributed by atoms with Gasteiger partial charge in [-0.25, -0.2) is 0 Å². The Morgan fingerprint density at radius 2 is 1.90 bits per heavy atom. The van der Waals surface area contributed by atoms with E-state index in [1.165, 1.54) is 5.56 Å². The molecule has 1 fully saturated rings. The van der Waals surface area contributed by atoms with Crippen LogP contribution in [0.3, 0.4) is 0 Å². The molecule has 0 bridgehead atoms. The molecule has 1 heterocycles. The number of rotatable bonds is 4. The van der Waals surface area contributed by atoms with Gasteiger partial charge < -0.3 is 10.2 Å². The highest BCUT2D eigenvalue weighted by Crippen LogP contribution is 2.28. The summed E-state index contributed by atoms with van der Waals surface area (Å²) in [5.41, 5.74) is 1.28. The Balaban J connectivity index is 0.00000220. The molecule has 1 aromatic carbocycles. The van der Waals surface area contributed by atoms with Gasteiger partial charge >= 0.3 is 0 Å². The first-order valence-corrected chi connectivity index (χ1v) is 7.72. The van der Waals surface area contributed by atoms with Crippen LogP contribution in [0.5, 0.6) is 0 Å². The van der Waals surface area contributed by atoms with E-state index in [0.29, 0.717) is 24.2 Å². The van der Waals surface area contributed by atoms with E-state index in [2.05, 4.69) is 43.4 Å². The third-order valence-electron chi connectivity index (χ3n) is 4.12. The lowest BCUT2D eigenvalue weighted by molar-refractivity contribution is -0.131. The highest BCUT2D eigenvalue weighted by Gasteiger charge is 2.23. The van der Waals surface area contributed by atoms with Crippen LogP contribution < -0.4 is 5.32 Å². The summed E-state index contributed by atoms with van der Waals surface area (Å²) in [6, 6.07) is 10.4. The number of halogens is 1. The molecule has 1 aliphatic heterocycles. The van der Waals surface area contributed by atoms with Crippen LogP contribution in [-0.2, 0) is 4.79 Å². The molecular formula is C17H27ClN2O. The molecule has 1 aromatic rings. The minimum absolute atomic E-state index is 0. The molecule has 0 aliphatic carbocycles. The van der Waals surface area contributed by atoms with Crippen LogP contribution in [0.2, 0.25) is 0 Å². The van der Waals surface area contributed by atoms with Crippen molar-refractivity contribution < 1.29 is 4.79 Å². The molecule has 2 rings (SSSR count). The van der Waals surface area contributed by atoms with Crippen molar-refractivity contribution in [3.63, 3.8) is 0 Å². The van der Waals surface area contributed by atoms with Crippen molar-refractivity contribution in [2.75, 3.05) is 26.2 Å². The monoisotopic (exact) mass is 310 g/mol. The van der Waals surface area contributed by atoms with E-state index in [9.17, 15) is 4.79 Å². The second-order valence-electron chi connectivity index (χ2n) is 5.95. The van der Waals surface area contributed by atoms with Crippen LogP contribution in [0, 0.1) is 5.92 Å². The maximum atomic E-state index is 12.5. The second kappa shape index (κ2) is 9.06. The Morgan fingerprint density at radius 3 is 2.57 bits per heavy atom. The summed E-state index contributed by atoms with van der Waals surface area (Å²) < 4.78 is 0. The zero-order valence-electron chi connectivity index (χ0n) is 13.0. The largest absolute Gasteiger partial charge is 0.341 e. The summed E-state index contributed by atoms with van der Waals surface area (Å²) in [4.78, 5) is 14.6. The average Bonchev–Trinajstić information content (AvgIpc) is 2.74. The highest BCUT2D eigenvalue weighted by molar-refractivity contribution is 5.85. The molecule has 1 N–H and O–H groups in total. The maximum Gasteiger partial charge on any atom is 0.223 e. The molecule has 0 saturated carbocycles. The van der Waals surface area contributed by atoms with Crippen molar-refractivity contribution in [2.24, 2.45) is 5.92 Å². The molecule has 0 aromatic heterocycles. The van der Waals surface area contributed by atoms with Crippen molar-refractivity contribution in [2.45, 2.75) is 32.6 Å². The van der Waals surface area contributed by atoms with Crippen LogP contribution in [0.1, 0.15) is 38.2 Å². The van der Waals surface area contributed by atoms with Gasteiger partial charge in [0.05, 0.1) is 0 Å². The van der Waals surface area contributed by atoms with Gasteiger partial charge in [-0.2, -0.15) is 0 Å². The van der Waals surface area contributed by atoms with Gasteiger partial charge in [-0.15, -0.1) is 12.4 Å². The standard InChI is InChI=1S/C17H26N2O.ClH/c1-14(2)16(15-7-4-3-5-8-15)13-17(20)19-11-6-9-18-10-12-19;/h3-5,7-8,14,16,18H,6,9-13H2,1-2H3;1H. The number of hydrogen-bond acceptors (Lipinski definition) is 2. The molecule has 1 saturated heterocycles. The molecule has 4 heteroatoms. The van der Waals surface area contributed by atoms with Crippen molar-refractivity contribution >= 4 is 18.3 Å². The predicted octanol–water partition coefficient (Wildman–Crippen LogP) is 3.06. The van der Waals surface area contributed by atoms with Gasteiger partial charge in [0.15, 0.2) is 0 Å². The van der Waals surface area contributed by atoms with Crippen molar-refractivity contribution in [1.29, 1.82) is 0 Å². The minimum atomic E-state index is 0. The van der Waals surface area contributed by atoms with Crippen LogP contribution in [0.15, 0.2) is 30.3 Å². The third-order valence-corrected chi connectivity index (χ3v) is 4.12. The first-order valence-electron chi connectivity index (χ1n) is 7.72. The lowest BCUT2D eigenvalue weighted by Crippen LogP contribution is -2.35. The van der Waals surface area contributed by atoms with Gasteiger partial charge in [-0.3, -0.25) is 4.79 Å². The van der Waals surface area contributed by atoms with Gasteiger partial charge in [0, 0.05) is 26.1 Å². The Bertz CT molecular complexity index is 414. The van der Waals surface area contributed by atoms with Gasteiger partial charge in [0.1, 0.15) is 0 Å². The first kappa shape index (κ1) is 18.0. The Hall–Kier alpha value is -1.06. The lowest BCUT2D eigenvalue weighted by Gasteiger charge is -2.26. The van der Waals surface area contributed by atoms with E-state index in [-0.39, 0.29) is 12.4 Å². The molecule has 1 amide bonds. The summed E-state index contributed by atoms with van der Waals surface area (Å²) in [5, 5.41) is 3.35. The number of benzene rings is 1. The summed E-state index contributed by atoms with van der Waals surface area (Å²) in [6.07, 6.45) is 1.69. The maximum absolute atomic E-state index is 12.5. The fraction of sp³-hybridized carbons (Fsp3) is 0.588. The second-order valence-corrected chi connectivity index (χ2v) is 5.95. The normalized spacial score (nSPS) is 17.0. The summed E-state index contributed by atoms with van der Waals surface area (Å²) in [7, 11) is 0. The number of amides is 1. The third kappa shape index (κ3) is 5.33. The van der Waals surface area contributed by atoms with E-state index >= 15 is 0 Å². The molecule has 118 valence electrons. The Kier molecular flexibility index (Phi) is 7.76. The molecule has 1 atom stereocenters. The average molecular weight is 311 g/mol.